The SMILES string of the molecule is OCc1ccc(OC2CCOC3(CCCCC3)C2)cn1. The van der Waals surface area contributed by atoms with Gasteiger partial charge in [0.1, 0.15) is 11.9 Å². The first-order valence-corrected chi connectivity index (χ1v) is 7.66. The van der Waals surface area contributed by atoms with Crippen LogP contribution in [0.4, 0.5) is 0 Å². The van der Waals surface area contributed by atoms with E-state index in [9.17, 15) is 0 Å². The van der Waals surface area contributed by atoms with Crippen molar-refractivity contribution in [1.29, 1.82) is 0 Å². The number of rotatable bonds is 3. The van der Waals surface area contributed by atoms with E-state index >= 15 is 0 Å². The second-order valence-corrected chi connectivity index (χ2v) is 5.97. The van der Waals surface area contributed by atoms with E-state index in [2.05, 4.69) is 4.98 Å². The van der Waals surface area contributed by atoms with Gasteiger partial charge in [0.2, 0.25) is 0 Å². The average Bonchev–Trinajstić information content (AvgIpc) is 2.49. The van der Waals surface area contributed by atoms with E-state index in [-0.39, 0.29) is 18.3 Å². The van der Waals surface area contributed by atoms with Crippen LogP contribution in [0, 0.1) is 0 Å². The van der Waals surface area contributed by atoms with E-state index in [1.165, 1.54) is 32.1 Å². The van der Waals surface area contributed by atoms with Gasteiger partial charge in [0, 0.05) is 12.8 Å². The van der Waals surface area contributed by atoms with Crippen LogP contribution < -0.4 is 4.74 Å². The van der Waals surface area contributed by atoms with E-state index in [1.54, 1.807) is 6.20 Å². The largest absolute Gasteiger partial charge is 0.489 e. The summed E-state index contributed by atoms with van der Waals surface area (Å²) in [5.74, 6) is 0.792. The van der Waals surface area contributed by atoms with Crippen LogP contribution >= 0.6 is 0 Å². The molecule has 1 aromatic rings. The number of aliphatic hydroxyl groups excluding tert-OH is 1. The molecule has 3 rings (SSSR count). The molecule has 1 saturated heterocycles. The minimum absolute atomic E-state index is 0.0271. The smallest absolute Gasteiger partial charge is 0.138 e. The summed E-state index contributed by atoms with van der Waals surface area (Å²) in [6.07, 6.45) is 10.1. The number of pyridine rings is 1. The Bertz CT molecular complexity index is 420. The average molecular weight is 277 g/mol. The van der Waals surface area contributed by atoms with Gasteiger partial charge in [-0.2, -0.15) is 0 Å². The molecule has 1 atom stereocenters. The normalized spacial score (nSPS) is 25.6. The molecule has 20 heavy (non-hydrogen) atoms. The molecule has 2 fully saturated rings. The Hall–Kier alpha value is -1.13. The van der Waals surface area contributed by atoms with Gasteiger partial charge in [-0.05, 0) is 25.0 Å². The number of aliphatic hydroxyl groups is 1. The molecule has 1 unspecified atom stereocenters. The van der Waals surface area contributed by atoms with Crippen molar-refractivity contribution in [1.82, 2.24) is 4.98 Å². The highest BCUT2D eigenvalue weighted by atomic mass is 16.5. The number of ether oxygens (including phenoxy) is 2. The lowest BCUT2D eigenvalue weighted by atomic mass is 9.79. The third-order valence-electron chi connectivity index (χ3n) is 4.47. The van der Waals surface area contributed by atoms with Crippen molar-refractivity contribution in [3.8, 4) is 5.75 Å². The maximum absolute atomic E-state index is 9.00. The molecule has 0 bridgehead atoms. The molecule has 1 aliphatic heterocycles. The zero-order valence-corrected chi connectivity index (χ0v) is 11.9. The summed E-state index contributed by atoms with van der Waals surface area (Å²) < 4.78 is 12.1. The van der Waals surface area contributed by atoms with Crippen LogP contribution in [0.25, 0.3) is 0 Å². The summed E-state index contributed by atoms with van der Waals surface area (Å²) in [5.41, 5.74) is 0.743. The summed E-state index contributed by atoms with van der Waals surface area (Å²) in [7, 11) is 0. The molecule has 4 heteroatoms. The van der Waals surface area contributed by atoms with Crippen molar-refractivity contribution in [3.63, 3.8) is 0 Å². The fraction of sp³-hybridized carbons (Fsp3) is 0.688. The van der Waals surface area contributed by atoms with Gasteiger partial charge in [-0.25, -0.2) is 0 Å². The summed E-state index contributed by atoms with van der Waals surface area (Å²) in [6, 6.07) is 3.70. The first-order chi connectivity index (χ1) is 9.80. The predicted octanol–water partition coefficient (Wildman–Crippen LogP) is 2.83. The van der Waals surface area contributed by atoms with Gasteiger partial charge in [0.05, 0.1) is 30.7 Å². The van der Waals surface area contributed by atoms with E-state index in [0.29, 0.717) is 5.69 Å². The molecule has 2 heterocycles. The van der Waals surface area contributed by atoms with Gasteiger partial charge >= 0.3 is 0 Å². The molecule has 1 spiro atoms. The van der Waals surface area contributed by atoms with Gasteiger partial charge in [-0.1, -0.05) is 19.3 Å². The maximum Gasteiger partial charge on any atom is 0.138 e. The summed E-state index contributed by atoms with van der Waals surface area (Å²) in [6.45, 7) is 0.771. The van der Waals surface area contributed by atoms with Crippen LogP contribution in [0.5, 0.6) is 5.75 Å². The Kier molecular flexibility index (Phi) is 4.22. The molecule has 1 N–H and O–H groups in total. The van der Waals surface area contributed by atoms with E-state index in [1.807, 2.05) is 12.1 Å². The Morgan fingerprint density at radius 1 is 1.30 bits per heavy atom. The maximum atomic E-state index is 9.00. The van der Waals surface area contributed by atoms with Crippen LogP contribution in [0.2, 0.25) is 0 Å². The Labute approximate surface area is 120 Å². The van der Waals surface area contributed by atoms with Gasteiger partial charge in [-0.15, -0.1) is 0 Å². The highest BCUT2D eigenvalue weighted by molar-refractivity contribution is 5.20. The molecule has 4 nitrogen and oxygen atoms in total. The third kappa shape index (κ3) is 3.13. The van der Waals surface area contributed by atoms with E-state index in [0.717, 1.165) is 25.2 Å². The quantitative estimate of drug-likeness (QED) is 0.923. The fourth-order valence-corrected chi connectivity index (χ4v) is 3.39. The van der Waals surface area contributed by atoms with Gasteiger partial charge in [0.25, 0.3) is 0 Å². The number of hydrogen-bond acceptors (Lipinski definition) is 4. The zero-order valence-electron chi connectivity index (χ0n) is 11.9. The van der Waals surface area contributed by atoms with Crippen LogP contribution in [0.1, 0.15) is 50.6 Å². The van der Waals surface area contributed by atoms with Crippen LogP contribution in [0.3, 0.4) is 0 Å². The third-order valence-corrected chi connectivity index (χ3v) is 4.47. The lowest BCUT2D eigenvalue weighted by Crippen LogP contribution is -2.45. The lowest BCUT2D eigenvalue weighted by molar-refractivity contribution is -0.129. The molecule has 0 amide bonds. The highest BCUT2D eigenvalue weighted by Gasteiger charge is 2.39. The lowest BCUT2D eigenvalue weighted by Gasteiger charge is -2.43. The summed E-state index contributed by atoms with van der Waals surface area (Å²) >= 11 is 0. The monoisotopic (exact) mass is 277 g/mol. The Morgan fingerprint density at radius 2 is 2.15 bits per heavy atom. The van der Waals surface area contributed by atoms with Crippen LogP contribution in [-0.2, 0) is 11.3 Å². The first kappa shape index (κ1) is 13.8. The Balaban J connectivity index is 1.61. The molecule has 2 aliphatic rings. The number of aromatic nitrogens is 1. The fourth-order valence-electron chi connectivity index (χ4n) is 3.39. The molecule has 110 valence electrons. The van der Waals surface area contributed by atoms with Crippen LogP contribution in [-0.4, -0.2) is 28.4 Å². The van der Waals surface area contributed by atoms with Gasteiger partial charge in [-0.3, -0.25) is 4.98 Å². The molecule has 0 aromatic carbocycles. The molecule has 1 aliphatic carbocycles. The summed E-state index contributed by atoms with van der Waals surface area (Å²) in [4.78, 5) is 4.16. The molecular formula is C16H23NO3. The highest BCUT2D eigenvalue weighted by Crippen LogP contribution is 2.39. The van der Waals surface area contributed by atoms with Gasteiger partial charge < -0.3 is 14.6 Å². The minimum atomic E-state index is -0.0271. The number of hydrogen-bond donors (Lipinski definition) is 1. The molecular weight excluding hydrogens is 254 g/mol. The topological polar surface area (TPSA) is 51.6 Å². The first-order valence-electron chi connectivity index (χ1n) is 7.66. The predicted molar refractivity (Wildman–Crippen MR) is 75.6 cm³/mol. The zero-order chi connectivity index (χ0) is 13.8. The number of nitrogens with zero attached hydrogens (tertiary/aromatic N) is 1. The second-order valence-electron chi connectivity index (χ2n) is 5.97. The van der Waals surface area contributed by atoms with Gasteiger partial charge in [0.15, 0.2) is 0 Å². The summed E-state index contributed by atoms with van der Waals surface area (Å²) in [5, 5.41) is 9.00. The van der Waals surface area contributed by atoms with Crippen molar-refractivity contribution < 1.29 is 14.6 Å². The van der Waals surface area contributed by atoms with Crippen molar-refractivity contribution in [2.24, 2.45) is 0 Å². The standard InChI is InChI=1S/C16H23NO3/c18-12-13-4-5-15(11-17-13)20-14-6-9-19-16(10-14)7-2-1-3-8-16/h4-5,11,14,18H,1-3,6-10,12H2. The van der Waals surface area contributed by atoms with Crippen molar-refractivity contribution >= 4 is 0 Å². The van der Waals surface area contributed by atoms with Crippen molar-refractivity contribution in [2.45, 2.75) is 63.3 Å². The molecule has 1 saturated carbocycles. The van der Waals surface area contributed by atoms with Crippen molar-refractivity contribution in [3.05, 3.63) is 24.0 Å². The van der Waals surface area contributed by atoms with E-state index < -0.39 is 0 Å². The van der Waals surface area contributed by atoms with Crippen LogP contribution in [0.15, 0.2) is 18.3 Å². The van der Waals surface area contributed by atoms with E-state index in [4.69, 9.17) is 14.6 Å². The molecule has 0 radical (unpaired) electrons. The van der Waals surface area contributed by atoms with Crippen molar-refractivity contribution in [2.75, 3.05) is 6.61 Å². The Morgan fingerprint density at radius 3 is 2.85 bits per heavy atom. The second kappa shape index (κ2) is 6.10. The minimum Gasteiger partial charge on any atom is -0.489 e. The molecule has 1 aromatic heterocycles.